The van der Waals surface area contributed by atoms with Gasteiger partial charge in [0, 0.05) is 5.39 Å². The molecule has 0 saturated heterocycles. The summed E-state index contributed by atoms with van der Waals surface area (Å²) < 4.78 is 0. The Labute approximate surface area is 108 Å². The molecule has 94 valence electrons. The van der Waals surface area contributed by atoms with Crippen LogP contribution in [0.4, 0.5) is 0 Å². The van der Waals surface area contributed by atoms with Gasteiger partial charge in [-0.05, 0) is 44.4 Å². The first-order chi connectivity index (χ1) is 8.58. The van der Waals surface area contributed by atoms with Gasteiger partial charge in [0.05, 0.1) is 17.3 Å². The fraction of sp³-hybridized carbons (Fsp3) is 0.312. The summed E-state index contributed by atoms with van der Waals surface area (Å²) in [5.74, 6) is 0. The van der Waals surface area contributed by atoms with Crippen molar-refractivity contribution in [2.24, 2.45) is 0 Å². The molecule has 0 spiro atoms. The van der Waals surface area contributed by atoms with Crippen molar-refractivity contribution in [1.82, 2.24) is 4.98 Å². The van der Waals surface area contributed by atoms with Crippen molar-refractivity contribution in [3.05, 3.63) is 53.7 Å². The molecular formula is C16H19NO. The van der Waals surface area contributed by atoms with E-state index >= 15 is 0 Å². The molecule has 0 bridgehead atoms. The third-order valence-electron chi connectivity index (χ3n) is 3.13. The molecule has 0 aliphatic rings. The smallest absolute Gasteiger partial charge is 0.0963 e. The summed E-state index contributed by atoms with van der Waals surface area (Å²) in [5.41, 5.74) is 3.95. The number of fused-ring (bicyclic) bond motifs is 1. The predicted molar refractivity (Wildman–Crippen MR) is 75.5 cm³/mol. The van der Waals surface area contributed by atoms with Gasteiger partial charge in [0.1, 0.15) is 0 Å². The number of pyridine rings is 1. The van der Waals surface area contributed by atoms with E-state index in [1.807, 2.05) is 31.2 Å². The third kappa shape index (κ3) is 2.77. The van der Waals surface area contributed by atoms with E-state index in [2.05, 4.69) is 24.6 Å². The summed E-state index contributed by atoms with van der Waals surface area (Å²) >= 11 is 0. The highest BCUT2D eigenvalue weighted by molar-refractivity contribution is 5.82. The second kappa shape index (κ2) is 5.32. The summed E-state index contributed by atoms with van der Waals surface area (Å²) in [4.78, 5) is 4.53. The molecule has 1 heterocycles. The van der Waals surface area contributed by atoms with Gasteiger partial charge in [-0.1, -0.05) is 23.8 Å². The molecule has 1 N–H and O–H groups in total. The van der Waals surface area contributed by atoms with Crippen molar-refractivity contribution in [2.45, 2.75) is 32.8 Å². The molecule has 2 aromatic rings. The van der Waals surface area contributed by atoms with Crippen molar-refractivity contribution in [1.29, 1.82) is 0 Å². The van der Waals surface area contributed by atoms with Gasteiger partial charge < -0.3 is 5.11 Å². The second-order valence-electron chi connectivity index (χ2n) is 4.89. The molecule has 0 radical (unpaired) electrons. The highest BCUT2D eigenvalue weighted by Gasteiger charge is 2.11. The molecule has 18 heavy (non-hydrogen) atoms. The zero-order valence-corrected chi connectivity index (χ0v) is 11.0. The van der Waals surface area contributed by atoms with Crippen LogP contribution in [0.5, 0.6) is 0 Å². The number of aromatic nitrogens is 1. The van der Waals surface area contributed by atoms with E-state index in [1.54, 1.807) is 0 Å². The molecule has 0 amide bonds. The number of aliphatic hydroxyl groups is 1. The van der Waals surface area contributed by atoms with Crippen molar-refractivity contribution in [3.63, 3.8) is 0 Å². The van der Waals surface area contributed by atoms with Crippen LogP contribution in [0, 0.1) is 6.92 Å². The second-order valence-corrected chi connectivity index (χ2v) is 4.89. The molecule has 2 rings (SSSR count). The Morgan fingerprint density at radius 1 is 1.39 bits per heavy atom. The van der Waals surface area contributed by atoms with Crippen LogP contribution in [0.15, 0.2) is 42.5 Å². The number of allylic oxidation sites excluding steroid dienone is 1. The molecule has 2 heteroatoms. The minimum Gasteiger partial charge on any atom is -0.387 e. The average Bonchev–Trinajstić information content (AvgIpc) is 2.36. The van der Waals surface area contributed by atoms with E-state index in [0.29, 0.717) is 6.42 Å². The van der Waals surface area contributed by atoms with Crippen LogP contribution < -0.4 is 0 Å². The van der Waals surface area contributed by atoms with E-state index in [1.165, 1.54) is 0 Å². The van der Waals surface area contributed by atoms with Gasteiger partial charge in [-0.3, -0.25) is 4.98 Å². The van der Waals surface area contributed by atoms with Crippen LogP contribution in [0.3, 0.4) is 0 Å². The van der Waals surface area contributed by atoms with Crippen LogP contribution in [0.2, 0.25) is 0 Å². The number of para-hydroxylation sites is 1. The fourth-order valence-electron chi connectivity index (χ4n) is 2.08. The first-order valence-corrected chi connectivity index (χ1v) is 6.26. The van der Waals surface area contributed by atoms with E-state index in [0.717, 1.165) is 34.2 Å². The summed E-state index contributed by atoms with van der Waals surface area (Å²) in [6.45, 7) is 7.89. The highest BCUT2D eigenvalue weighted by Crippen LogP contribution is 2.24. The lowest BCUT2D eigenvalue weighted by Gasteiger charge is -2.12. The summed E-state index contributed by atoms with van der Waals surface area (Å²) in [7, 11) is 0. The summed E-state index contributed by atoms with van der Waals surface area (Å²) in [5, 5.41) is 11.3. The Morgan fingerprint density at radius 3 is 2.83 bits per heavy atom. The summed E-state index contributed by atoms with van der Waals surface area (Å²) in [6.07, 6.45) is 1.000. The lowest BCUT2D eigenvalue weighted by molar-refractivity contribution is 0.163. The van der Waals surface area contributed by atoms with Crippen molar-refractivity contribution in [3.8, 4) is 0 Å². The molecule has 0 saturated carbocycles. The normalized spacial score (nSPS) is 12.6. The standard InChI is InChI=1S/C16H19NO/c1-11(2)8-9-16(18)15-10-12(3)13-6-4-5-7-14(13)17-15/h4-7,10,16,18H,1,8-9H2,2-3H3. The van der Waals surface area contributed by atoms with Gasteiger partial charge in [-0.2, -0.15) is 0 Å². The van der Waals surface area contributed by atoms with Crippen LogP contribution in [-0.4, -0.2) is 10.1 Å². The Morgan fingerprint density at radius 2 is 2.11 bits per heavy atom. The van der Waals surface area contributed by atoms with E-state index in [9.17, 15) is 5.11 Å². The highest BCUT2D eigenvalue weighted by atomic mass is 16.3. The lowest BCUT2D eigenvalue weighted by Crippen LogP contribution is -2.02. The zero-order chi connectivity index (χ0) is 13.1. The van der Waals surface area contributed by atoms with Crippen LogP contribution in [0.25, 0.3) is 10.9 Å². The molecular weight excluding hydrogens is 222 g/mol. The monoisotopic (exact) mass is 241 g/mol. The number of aryl methyl sites for hydroxylation is 1. The Hall–Kier alpha value is -1.67. The summed E-state index contributed by atoms with van der Waals surface area (Å²) in [6, 6.07) is 10.00. The molecule has 0 fully saturated rings. The Bertz CT molecular complexity index is 574. The molecule has 1 atom stereocenters. The minimum atomic E-state index is -0.509. The van der Waals surface area contributed by atoms with Gasteiger partial charge >= 0.3 is 0 Å². The maximum atomic E-state index is 10.1. The molecule has 1 unspecified atom stereocenters. The number of rotatable bonds is 4. The van der Waals surface area contributed by atoms with Gasteiger partial charge in [0.2, 0.25) is 0 Å². The number of hydrogen-bond acceptors (Lipinski definition) is 2. The number of hydrogen-bond donors (Lipinski definition) is 1. The topological polar surface area (TPSA) is 33.1 Å². The quantitative estimate of drug-likeness (QED) is 0.823. The average molecular weight is 241 g/mol. The van der Waals surface area contributed by atoms with E-state index < -0.39 is 6.10 Å². The van der Waals surface area contributed by atoms with Crippen molar-refractivity contribution >= 4 is 10.9 Å². The van der Waals surface area contributed by atoms with Gasteiger partial charge in [-0.25, -0.2) is 0 Å². The SMILES string of the molecule is C=C(C)CCC(O)c1cc(C)c2ccccc2n1. The number of aliphatic hydroxyl groups excluding tert-OH is 1. The predicted octanol–water partition coefficient (Wildman–Crippen LogP) is 3.93. The Kier molecular flexibility index (Phi) is 3.78. The maximum Gasteiger partial charge on any atom is 0.0963 e. The first kappa shape index (κ1) is 12.8. The zero-order valence-electron chi connectivity index (χ0n) is 11.0. The minimum absolute atomic E-state index is 0.509. The van der Waals surface area contributed by atoms with Gasteiger partial charge in [0.15, 0.2) is 0 Å². The molecule has 1 aromatic carbocycles. The Balaban J connectivity index is 2.31. The third-order valence-corrected chi connectivity index (χ3v) is 3.13. The largest absolute Gasteiger partial charge is 0.387 e. The van der Waals surface area contributed by atoms with Crippen LogP contribution >= 0.6 is 0 Å². The van der Waals surface area contributed by atoms with Gasteiger partial charge in [-0.15, -0.1) is 6.58 Å². The molecule has 0 aliphatic heterocycles. The van der Waals surface area contributed by atoms with Gasteiger partial charge in [0.25, 0.3) is 0 Å². The van der Waals surface area contributed by atoms with Crippen molar-refractivity contribution < 1.29 is 5.11 Å². The van der Waals surface area contributed by atoms with E-state index in [-0.39, 0.29) is 0 Å². The van der Waals surface area contributed by atoms with Crippen LogP contribution in [0.1, 0.15) is 37.1 Å². The fourth-order valence-corrected chi connectivity index (χ4v) is 2.08. The molecule has 0 aliphatic carbocycles. The van der Waals surface area contributed by atoms with Crippen molar-refractivity contribution in [2.75, 3.05) is 0 Å². The maximum absolute atomic E-state index is 10.1. The lowest BCUT2D eigenvalue weighted by atomic mass is 10.0. The van der Waals surface area contributed by atoms with Crippen LogP contribution in [-0.2, 0) is 0 Å². The first-order valence-electron chi connectivity index (χ1n) is 6.26. The van der Waals surface area contributed by atoms with E-state index in [4.69, 9.17) is 0 Å². The molecule has 2 nitrogen and oxygen atoms in total. The number of nitrogens with zero attached hydrogens (tertiary/aromatic N) is 1. The number of benzene rings is 1. The molecule has 1 aromatic heterocycles.